The second-order valence-electron chi connectivity index (χ2n) is 5.81. The van der Waals surface area contributed by atoms with Gasteiger partial charge in [0.1, 0.15) is 11.6 Å². The summed E-state index contributed by atoms with van der Waals surface area (Å²) in [6.07, 6.45) is 4.59. The van der Waals surface area contributed by atoms with Crippen LogP contribution in [0.2, 0.25) is 0 Å². The van der Waals surface area contributed by atoms with Crippen LogP contribution in [0.1, 0.15) is 69.8 Å². The van der Waals surface area contributed by atoms with Crippen molar-refractivity contribution in [3.05, 3.63) is 11.5 Å². The number of aromatic nitrogens is 2. The Bertz CT molecular complexity index is 406. The first kappa shape index (κ1) is 14.4. The summed E-state index contributed by atoms with van der Waals surface area (Å²) < 4.78 is 7.80. The molecule has 1 saturated heterocycles. The van der Waals surface area contributed by atoms with Crippen molar-refractivity contribution in [2.45, 2.75) is 64.8 Å². The van der Waals surface area contributed by atoms with Crippen molar-refractivity contribution < 1.29 is 4.74 Å². The second-order valence-corrected chi connectivity index (χ2v) is 5.81. The highest BCUT2D eigenvalue weighted by molar-refractivity contribution is 5.41. The van der Waals surface area contributed by atoms with E-state index in [0.29, 0.717) is 11.8 Å². The average Bonchev–Trinajstić information content (AvgIpc) is 2.75. The molecule has 1 aromatic rings. The van der Waals surface area contributed by atoms with Gasteiger partial charge in [-0.1, -0.05) is 27.2 Å². The lowest BCUT2D eigenvalue weighted by molar-refractivity contribution is 0.0795. The third-order valence-corrected chi connectivity index (χ3v) is 3.86. The number of unbranched alkanes of at least 4 members (excludes halogenated alkanes) is 1. The van der Waals surface area contributed by atoms with Gasteiger partial charge in [-0.15, -0.1) is 0 Å². The zero-order chi connectivity index (χ0) is 13.8. The highest BCUT2D eigenvalue weighted by Crippen LogP contribution is 2.31. The third-order valence-electron chi connectivity index (χ3n) is 3.86. The Morgan fingerprint density at radius 3 is 2.84 bits per heavy atom. The predicted octanol–water partition coefficient (Wildman–Crippen LogP) is 3.28. The lowest BCUT2D eigenvalue weighted by Crippen LogP contribution is -2.17. The molecule has 108 valence electrons. The molecule has 4 heteroatoms. The van der Waals surface area contributed by atoms with E-state index in [2.05, 4.69) is 25.3 Å². The average molecular weight is 265 g/mol. The molecule has 2 heterocycles. The van der Waals surface area contributed by atoms with Gasteiger partial charge in [-0.05, 0) is 19.3 Å². The normalized spacial score (nSPS) is 20.1. The number of ether oxygens (including phenoxy) is 1. The van der Waals surface area contributed by atoms with E-state index in [1.54, 1.807) is 0 Å². The lowest BCUT2D eigenvalue weighted by atomic mass is 9.98. The molecule has 0 aromatic carbocycles. The fourth-order valence-electron chi connectivity index (χ4n) is 2.75. The Hall–Kier alpha value is -1.03. The quantitative estimate of drug-likeness (QED) is 0.889. The maximum absolute atomic E-state index is 6.36. The number of rotatable bonds is 5. The second kappa shape index (κ2) is 6.42. The van der Waals surface area contributed by atoms with Crippen LogP contribution in [0, 0.1) is 0 Å². The number of anilines is 1. The molecule has 0 spiro atoms. The zero-order valence-electron chi connectivity index (χ0n) is 12.5. The number of nitrogen functional groups attached to an aromatic ring is 1. The van der Waals surface area contributed by atoms with Gasteiger partial charge < -0.3 is 15.0 Å². The summed E-state index contributed by atoms with van der Waals surface area (Å²) in [5.74, 6) is 2.80. The van der Waals surface area contributed by atoms with Crippen LogP contribution < -0.4 is 5.73 Å². The van der Waals surface area contributed by atoms with Crippen molar-refractivity contribution in [2.75, 3.05) is 18.9 Å². The van der Waals surface area contributed by atoms with E-state index in [4.69, 9.17) is 15.5 Å². The summed E-state index contributed by atoms with van der Waals surface area (Å²) in [5.41, 5.74) is 7.43. The maximum atomic E-state index is 6.36. The summed E-state index contributed by atoms with van der Waals surface area (Å²) in [6, 6.07) is 0. The Labute approximate surface area is 116 Å². The maximum Gasteiger partial charge on any atom is 0.127 e. The summed E-state index contributed by atoms with van der Waals surface area (Å²) in [5, 5.41) is 0. The SMILES string of the molecule is CCCCn1c(C(C)C)nc(C2CCCOC2)c1N. The molecule has 1 fully saturated rings. The molecule has 1 aliphatic heterocycles. The molecule has 4 nitrogen and oxygen atoms in total. The Kier molecular flexibility index (Phi) is 4.86. The molecule has 0 saturated carbocycles. The standard InChI is InChI=1S/C15H27N3O/c1-4-5-8-18-14(16)13(17-15(18)11(2)3)12-7-6-9-19-10-12/h11-12H,4-10,16H2,1-3H3. The number of imidazole rings is 1. The van der Waals surface area contributed by atoms with E-state index in [9.17, 15) is 0 Å². The van der Waals surface area contributed by atoms with Gasteiger partial charge in [0.2, 0.25) is 0 Å². The number of nitrogens with two attached hydrogens (primary N) is 1. The van der Waals surface area contributed by atoms with E-state index < -0.39 is 0 Å². The molecular formula is C15H27N3O. The van der Waals surface area contributed by atoms with Crippen LogP contribution in [0.25, 0.3) is 0 Å². The van der Waals surface area contributed by atoms with E-state index in [1.807, 2.05) is 0 Å². The first-order chi connectivity index (χ1) is 9.15. The molecule has 0 amide bonds. The van der Waals surface area contributed by atoms with Crippen LogP contribution in [-0.4, -0.2) is 22.8 Å². The monoisotopic (exact) mass is 265 g/mol. The summed E-state index contributed by atoms with van der Waals surface area (Å²) in [6.45, 7) is 9.21. The number of nitrogens with zero attached hydrogens (tertiary/aromatic N) is 2. The van der Waals surface area contributed by atoms with Gasteiger partial charge in [-0.2, -0.15) is 0 Å². The summed E-state index contributed by atoms with van der Waals surface area (Å²) >= 11 is 0. The highest BCUT2D eigenvalue weighted by atomic mass is 16.5. The van der Waals surface area contributed by atoms with E-state index in [-0.39, 0.29) is 0 Å². The van der Waals surface area contributed by atoms with Crippen molar-refractivity contribution >= 4 is 5.82 Å². The lowest BCUT2D eigenvalue weighted by Gasteiger charge is -2.21. The topological polar surface area (TPSA) is 53.1 Å². The molecule has 0 radical (unpaired) electrons. The van der Waals surface area contributed by atoms with E-state index >= 15 is 0 Å². The molecule has 1 aromatic heterocycles. The fraction of sp³-hybridized carbons (Fsp3) is 0.800. The van der Waals surface area contributed by atoms with Gasteiger partial charge in [0.05, 0.1) is 12.3 Å². The van der Waals surface area contributed by atoms with Crippen LogP contribution in [0.4, 0.5) is 5.82 Å². The van der Waals surface area contributed by atoms with Gasteiger partial charge in [0.25, 0.3) is 0 Å². The molecule has 1 atom stereocenters. The van der Waals surface area contributed by atoms with Crippen LogP contribution in [-0.2, 0) is 11.3 Å². The van der Waals surface area contributed by atoms with Gasteiger partial charge in [0.15, 0.2) is 0 Å². The highest BCUT2D eigenvalue weighted by Gasteiger charge is 2.25. The Morgan fingerprint density at radius 2 is 2.26 bits per heavy atom. The minimum absolute atomic E-state index is 0.383. The first-order valence-corrected chi connectivity index (χ1v) is 7.58. The zero-order valence-corrected chi connectivity index (χ0v) is 12.5. The Balaban J connectivity index is 2.28. The molecule has 1 aliphatic rings. The number of hydrogen-bond donors (Lipinski definition) is 1. The largest absolute Gasteiger partial charge is 0.384 e. The summed E-state index contributed by atoms with van der Waals surface area (Å²) in [4.78, 5) is 4.84. The van der Waals surface area contributed by atoms with E-state index in [1.165, 1.54) is 6.42 Å². The van der Waals surface area contributed by atoms with Crippen LogP contribution in [0.5, 0.6) is 0 Å². The predicted molar refractivity (Wildman–Crippen MR) is 78.4 cm³/mol. The van der Waals surface area contributed by atoms with Crippen LogP contribution in [0.3, 0.4) is 0 Å². The minimum atomic E-state index is 0.383. The third kappa shape index (κ3) is 3.11. The van der Waals surface area contributed by atoms with Crippen LogP contribution >= 0.6 is 0 Å². The van der Waals surface area contributed by atoms with Gasteiger partial charge >= 0.3 is 0 Å². The molecule has 1 unspecified atom stereocenters. The van der Waals surface area contributed by atoms with E-state index in [0.717, 1.165) is 56.4 Å². The van der Waals surface area contributed by atoms with Gasteiger partial charge in [-0.3, -0.25) is 0 Å². The first-order valence-electron chi connectivity index (χ1n) is 7.58. The van der Waals surface area contributed by atoms with Crippen molar-refractivity contribution in [3.63, 3.8) is 0 Å². The molecule has 2 N–H and O–H groups in total. The fourth-order valence-corrected chi connectivity index (χ4v) is 2.75. The molecule has 19 heavy (non-hydrogen) atoms. The molecule has 0 aliphatic carbocycles. The smallest absolute Gasteiger partial charge is 0.127 e. The molecule has 0 bridgehead atoms. The number of hydrogen-bond acceptors (Lipinski definition) is 3. The minimum Gasteiger partial charge on any atom is -0.384 e. The summed E-state index contributed by atoms with van der Waals surface area (Å²) in [7, 11) is 0. The Morgan fingerprint density at radius 1 is 1.47 bits per heavy atom. The van der Waals surface area contributed by atoms with Crippen molar-refractivity contribution in [1.29, 1.82) is 0 Å². The van der Waals surface area contributed by atoms with Crippen molar-refractivity contribution in [2.24, 2.45) is 0 Å². The van der Waals surface area contributed by atoms with Crippen molar-refractivity contribution in [3.8, 4) is 0 Å². The van der Waals surface area contributed by atoms with Crippen LogP contribution in [0.15, 0.2) is 0 Å². The molecular weight excluding hydrogens is 238 g/mol. The molecule has 2 rings (SSSR count). The van der Waals surface area contributed by atoms with Gasteiger partial charge in [-0.25, -0.2) is 4.98 Å². The van der Waals surface area contributed by atoms with Crippen molar-refractivity contribution in [1.82, 2.24) is 9.55 Å². The van der Waals surface area contributed by atoms with Gasteiger partial charge in [0, 0.05) is 25.0 Å².